The Morgan fingerprint density at radius 3 is 1.91 bits per heavy atom. The second-order valence-electron chi connectivity index (χ2n) is 7.35. The van der Waals surface area contributed by atoms with Crippen LogP contribution in [0, 0.1) is 6.92 Å². The molecule has 0 bridgehead atoms. The van der Waals surface area contributed by atoms with Crippen molar-refractivity contribution in [3.63, 3.8) is 0 Å². The number of hydrogen-bond acceptors (Lipinski definition) is 7. The Morgan fingerprint density at radius 1 is 0.758 bits per heavy atom. The molecule has 1 aromatic heterocycles. The smallest absolute Gasteiger partial charge is 0.345 e. The minimum absolute atomic E-state index is 0.0185. The van der Waals surface area contributed by atoms with Crippen LogP contribution in [0.2, 0.25) is 0 Å². The van der Waals surface area contributed by atoms with Crippen LogP contribution in [0.25, 0.3) is 11.3 Å². The van der Waals surface area contributed by atoms with E-state index < -0.39 is 17.9 Å². The quantitative estimate of drug-likeness (QED) is 0.271. The van der Waals surface area contributed by atoms with Crippen LogP contribution in [0.1, 0.15) is 29.8 Å². The Bertz CT molecular complexity index is 1250. The van der Waals surface area contributed by atoms with Gasteiger partial charge in [0.15, 0.2) is 0 Å². The molecule has 33 heavy (non-hydrogen) atoms. The third-order valence-corrected chi connectivity index (χ3v) is 4.45. The van der Waals surface area contributed by atoms with Gasteiger partial charge < -0.3 is 18.6 Å². The molecular formula is C26H22O7. The fourth-order valence-corrected chi connectivity index (χ4v) is 2.69. The third kappa shape index (κ3) is 5.86. The highest BCUT2D eigenvalue weighted by Gasteiger charge is 2.15. The minimum Gasteiger partial charge on any atom is -0.425 e. The van der Waals surface area contributed by atoms with Crippen LogP contribution in [0.5, 0.6) is 17.4 Å². The third-order valence-electron chi connectivity index (χ3n) is 4.45. The van der Waals surface area contributed by atoms with Crippen LogP contribution >= 0.6 is 0 Å². The maximum atomic E-state index is 12.4. The highest BCUT2D eigenvalue weighted by Crippen LogP contribution is 2.31. The molecule has 0 N–H and O–H groups in total. The van der Waals surface area contributed by atoms with Crippen LogP contribution in [-0.4, -0.2) is 17.9 Å². The monoisotopic (exact) mass is 446 g/mol. The highest BCUT2D eigenvalue weighted by atomic mass is 16.6. The number of ether oxygens (including phenoxy) is 3. The fraction of sp³-hybridized carbons (Fsp3) is 0.115. The number of rotatable bonds is 7. The van der Waals surface area contributed by atoms with Crippen molar-refractivity contribution in [3.8, 4) is 28.8 Å². The molecule has 2 aromatic carbocycles. The summed E-state index contributed by atoms with van der Waals surface area (Å²) in [5.41, 5.74) is 2.37. The largest absolute Gasteiger partial charge is 0.425 e. The average molecular weight is 446 g/mol. The number of carbonyl (C=O) groups excluding carboxylic acids is 3. The van der Waals surface area contributed by atoms with Gasteiger partial charge in [-0.25, -0.2) is 14.4 Å². The molecule has 7 nitrogen and oxygen atoms in total. The van der Waals surface area contributed by atoms with Crippen molar-refractivity contribution in [2.75, 3.05) is 0 Å². The molecule has 0 unspecified atom stereocenters. The maximum absolute atomic E-state index is 12.4. The molecule has 0 saturated heterocycles. The van der Waals surface area contributed by atoms with Crippen LogP contribution in [0.15, 0.2) is 83.3 Å². The standard InChI is InChI=1S/C26H22O7/c1-15(2)24(27)30-19-8-6-18(7-9-19)26(29)33-23-13-12-22(32-23)21-11-10-20(14-17(21)5)31-25(28)16(3)4/h6-14H,1,3H2,2,4-5H3. The molecule has 0 aliphatic heterocycles. The van der Waals surface area contributed by atoms with Crippen molar-refractivity contribution in [1.29, 1.82) is 0 Å². The van der Waals surface area contributed by atoms with E-state index in [4.69, 9.17) is 18.6 Å². The predicted octanol–water partition coefficient (Wildman–Crippen LogP) is 5.44. The van der Waals surface area contributed by atoms with Crippen LogP contribution in [0.4, 0.5) is 0 Å². The van der Waals surface area contributed by atoms with Crippen molar-refractivity contribution in [1.82, 2.24) is 0 Å². The van der Waals surface area contributed by atoms with Gasteiger partial charge in [0.25, 0.3) is 5.95 Å². The lowest BCUT2D eigenvalue weighted by molar-refractivity contribution is -0.130. The summed E-state index contributed by atoms with van der Waals surface area (Å²) in [6, 6.07) is 14.2. The van der Waals surface area contributed by atoms with Crippen LogP contribution < -0.4 is 14.2 Å². The van der Waals surface area contributed by atoms with Gasteiger partial charge >= 0.3 is 17.9 Å². The normalized spacial score (nSPS) is 10.3. The number of benzene rings is 2. The van der Waals surface area contributed by atoms with E-state index >= 15 is 0 Å². The Balaban J connectivity index is 1.67. The summed E-state index contributed by atoms with van der Waals surface area (Å²) in [5.74, 6) is -0.512. The SMILES string of the molecule is C=C(C)C(=O)Oc1ccc(C(=O)Oc2ccc(-c3ccc(OC(=O)C(=C)C)cc3C)o2)cc1. The molecule has 0 saturated carbocycles. The molecule has 0 fully saturated rings. The van der Waals surface area contributed by atoms with Gasteiger partial charge in [-0.05, 0) is 74.9 Å². The summed E-state index contributed by atoms with van der Waals surface area (Å²) >= 11 is 0. The van der Waals surface area contributed by atoms with E-state index in [9.17, 15) is 14.4 Å². The first-order valence-corrected chi connectivity index (χ1v) is 9.92. The molecule has 0 aliphatic rings. The second kappa shape index (κ2) is 9.82. The fourth-order valence-electron chi connectivity index (χ4n) is 2.69. The first kappa shape index (κ1) is 23.3. The summed E-state index contributed by atoms with van der Waals surface area (Å²) in [6.45, 7) is 12.0. The first-order chi connectivity index (χ1) is 15.6. The van der Waals surface area contributed by atoms with E-state index in [2.05, 4.69) is 13.2 Å². The molecule has 0 radical (unpaired) electrons. The van der Waals surface area contributed by atoms with E-state index in [1.54, 1.807) is 38.1 Å². The van der Waals surface area contributed by atoms with E-state index in [1.165, 1.54) is 30.3 Å². The molecular weight excluding hydrogens is 424 g/mol. The zero-order valence-electron chi connectivity index (χ0n) is 18.5. The molecule has 0 aliphatic carbocycles. The van der Waals surface area contributed by atoms with E-state index in [-0.39, 0.29) is 22.8 Å². The van der Waals surface area contributed by atoms with Crippen molar-refractivity contribution in [2.24, 2.45) is 0 Å². The summed E-state index contributed by atoms with van der Waals surface area (Å²) in [7, 11) is 0. The van der Waals surface area contributed by atoms with Gasteiger partial charge in [0.1, 0.15) is 17.3 Å². The molecule has 3 rings (SSSR count). The van der Waals surface area contributed by atoms with E-state index in [0.29, 0.717) is 17.1 Å². The summed E-state index contributed by atoms with van der Waals surface area (Å²) in [4.78, 5) is 35.6. The van der Waals surface area contributed by atoms with Crippen LogP contribution in [0.3, 0.4) is 0 Å². The number of aryl methyl sites for hydroxylation is 1. The van der Waals surface area contributed by atoms with Crippen molar-refractivity contribution in [2.45, 2.75) is 20.8 Å². The van der Waals surface area contributed by atoms with Crippen LogP contribution in [-0.2, 0) is 9.59 Å². The van der Waals surface area contributed by atoms with Gasteiger partial charge in [-0.1, -0.05) is 13.2 Å². The van der Waals surface area contributed by atoms with Crippen molar-refractivity contribution in [3.05, 3.63) is 90.0 Å². The summed E-state index contributed by atoms with van der Waals surface area (Å²) in [6.07, 6.45) is 0. The van der Waals surface area contributed by atoms with Gasteiger partial charge in [-0.3, -0.25) is 0 Å². The lowest BCUT2D eigenvalue weighted by Gasteiger charge is -2.08. The number of hydrogen-bond donors (Lipinski definition) is 0. The Morgan fingerprint density at radius 2 is 1.33 bits per heavy atom. The number of carbonyl (C=O) groups is 3. The molecule has 168 valence electrons. The lowest BCUT2D eigenvalue weighted by atomic mass is 10.1. The summed E-state index contributed by atoms with van der Waals surface area (Å²) < 4.78 is 21.3. The van der Waals surface area contributed by atoms with E-state index in [0.717, 1.165) is 11.1 Å². The van der Waals surface area contributed by atoms with Gasteiger partial charge in [0.2, 0.25) is 0 Å². The van der Waals surface area contributed by atoms with Crippen molar-refractivity contribution >= 4 is 17.9 Å². The van der Waals surface area contributed by atoms with E-state index in [1.807, 2.05) is 6.92 Å². The zero-order chi connectivity index (χ0) is 24.1. The highest BCUT2D eigenvalue weighted by molar-refractivity contribution is 5.92. The van der Waals surface area contributed by atoms with Gasteiger partial charge in [-0.15, -0.1) is 0 Å². The molecule has 0 spiro atoms. The molecule has 0 atom stereocenters. The maximum Gasteiger partial charge on any atom is 0.345 e. The number of esters is 3. The second-order valence-corrected chi connectivity index (χ2v) is 7.35. The van der Waals surface area contributed by atoms with Crippen molar-refractivity contribution < 1.29 is 33.0 Å². The Labute approximate surface area is 190 Å². The Hall–Kier alpha value is -4.39. The first-order valence-electron chi connectivity index (χ1n) is 9.92. The Kier molecular flexibility index (Phi) is 6.93. The molecule has 1 heterocycles. The van der Waals surface area contributed by atoms with Gasteiger partial charge in [0.05, 0.1) is 5.56 Å². The summed E-state index contributed by atoms with van der Waals surface area (Å²) in [5, 5.41) is 0. The predicted molar refractivity (Wildman–Crippen MR) is 121 cm³/mol. The molecule has 3 aromatic rings. The molecule has 7 heteroatoms. The van der Waals surface area contributed by atoms with Gasteiger partial charge in [0, 0.05) is 22.8 Å². The van der Waals surface area contributed by atoms with Gasteiger partial charge in [-0.2, -0.15) is 0 Å². The zero-order valence-corrected chi connectivity index (χ0v) is 18.5. The average Bonchev–Trinajstić information content (AvgIpc) is 3.22. The minimum atomic E-state index is -0.632. The topological polar surface area (TPSA) is 92.0 Å². The number of furan rings is 1. The lowest BCUT2D eigenvalue weighted by Crippen LogP contribution is -2.10. The molecule has 0 amide bonds.